The highest BCUT2D eigenvalue weighted by Crippen LogP contribution is 2.37. The zero-order chi connectivity index (χ0) is 27.6. The van der Waals surface area contributed by atoms with Crippen LogP contribution < -0.4 is 9.64 Å². The van der Waals surface area contributed by atoms with Crippen LogP contribution in [0.5, 0.6) is 5.75 Å². The Hall–Kier alpha value is -3.36. The van der Waals surface area contributed by atoms with Gasteiger partial charge in [-0.3, -0.25) is 4.79 Å². The van der Waals surface area contributed by atoms with Gasteiger partial charge in [0.15, 0.2) is 0 Å². The number of carbonyl (C=O) groups excluding carboxylic acids is 1. The number of piperidine rings is 1. The number of hydrogen-bond donors (Lipinski definition) is 0. The Morgan fingerprint density at radius 3 is 2.33 bits per heavy atom. The summed E-state index contributed by atoms with van der Waals surface area (Å²) in [4.78, 5) is 18.5. The zero-order valence-corrected chi connectivity index (χ0v) is 23.7. The molecule has 7 nitrogen and oxygen atoms in total. The minimum absolute atomic E-state index is 0.0347. The smallest absolute Gasteiger partial charge is 0.243 e. The molecule has 5 rings (SSSR count). The Bertz CT molecular complexity index is 1420. The molecule has 0 aliphatic carbocycles. The number of amides is 1. The second-order valence-electron chi connectivity index (χ2n) is 10.6. The maximum Gasteiger partial charge on any atom is 0.243 e. The van der Waals surface area contributed by atoms with Gasteiger partial charge in [-0.25, -0.2) is 8.42 Å². The van der Waals surface area contributed by atoms with Crippen molar-refractivity contribution in [3.63, 3.8) is 0 Å². The van der Waals surface area contributed by atoms with Gasteiger partial charge in [0, 0.05) is 51.0 Å². The predicted octanol–water partition coefficient (Wildman–Crippen LogP) is 4.46. The molecule has 2 aliphatic heterocycles. The highest BCUT2D eigenvalue weighted by atomic mass is 32.2. The molecular weight excluding hydrogens is 510 g/mol. The fraction of sp³-hybridized carbons (Fsp3) is 0.387. The highest BCUT2D eigenvalue weighted by molar-refractivity contribution is 7.89. The third kappa shape index (κ3) is 5.68. The third-order valence-electron chi connectivity index (χ3n) is 8.10. The van der Waals surface area contributed by atoms with Gasteiger partial charge < -0.3 is 14.5 Å². The summed E-state index contributed by atoms with van der Waals surface area (Å²) in [6.07, 6.45) is 0.589. The van der Waals surface area contributed by atoms with Gasteiger partial charge in [-0.05, 0) is 61.1 Å². The fourth-order valence-corrected chi connectivity index (χ4v) is 7.38. The third-order valence-corrected chi connectivity index (χ3v) is 9.96. The van der Waals surface area contributed by atoms with Gasteiger partial charge in [-0.15, -0.1) is 0 Å². The molecule has 0 saturated carbocycles. The fourth-order valence-electron chi connectivity index (χ4n) is 5.86. The molecule has 3 aromatic rings. The SMILES string of the molecule is COc1cccc(S(=O)(=O)N2CC[C@H](c3ccccc3)[C@H](C(=O)N3CCN(c4cc(C)ccc4C)CC3)C2)c1. The molecule has 2 fully saturated rings. The maximum atomic E-state index is 14.1. The molecule has 1 amide bonds. The first kappa shape index (κ1) is 27.2. The first-order valence-corrected chi connectivity index (χ1v) is 15.0. The quantitative estimate of drug-likeness (QED) is 0.456. The maximum absolute atomic E-state index is 14.1. The highest BCUT2D eigenvalue weighted by Gasteiger charge is 2.42. The first-order chi connectivity index (χ1) is 18.8. The van der Waals surface area contributed by atoms with Gasteiger partial charge in [0.25, 0.3) is 0 Å². The summed E-state index contributed by atoms with van der Waals surface area (Å²) in [5, 5.41) is 0. The van der Waals surface area contributed by atoms with Crippen molar-refractivity contribution in [2.24, 2.45) is 5.92 Å². The van der Waals surface area contributed by atoms with E-state index in [1.807, 2.05) is 23.1 Å². The Labute approximate surface area is 232 Å². The number of aryl methyl sites for hydroxylation is 2. The molecule has 3 aromatic carbocycles. The van der Waals surface area contributed by atoms with E-state index < -0.39 is 15.9 Å². The van der Waals surface area contributed by atoms with E-state index in [-0.39, 0.29) is 23.3 Å². The van der Waals surface area contributed by atoms with Gasteiger partial charge in [0.05, 0.1) is 17.9 Å². The molecule has 0 bridgehead atoms. The van der Waals surface area contributed by atoms with Gasteiger partial charge in [-0.1, -0.05) is 48.5 Å². The van der Waals surface area contributed by atoms with E-state index in [2.05, 4.69) is 49.1 Å². The lowest BCUT2D eigenvalue weighted by atomic mass is 9.80. The van der Waals surface area contributed by atoms with Crippen LogP contribution in [-0.2, 0) is 14.8 Å². The molecule has 0 N–H and O–H groups in total. The number of piperazine rings is 1. The van der Waals surface area contributed by atoms with Crippen molar-refractivity contribution >= 4 is 21.6 Å². The Balaban J connectivity index is 1.37. The van der Waals surface area contributed by atoms with Crippen molar-refractivity contribution in [3.8, 4) is 5.75 Å². The van der Waals surface area contributed by atoms with Crippen molar-refractivity contribution in [3.05, 3.63) is 89.5 Å². The minimum atomic E-state index is -3.78. The lowest BCUT2D eigenvalue weighted by molar-refractivity contribution is -0.137. The average Bonchev–Trinajstić information content (AvgIpc) is 2.98. The number of ether oxygens (including phenoxy) is 1. The van der Waals surface area contributed by atoms with E-state index in [0.29, 0.717) is 31.8 Å². The lowest BCUT2D eigenvalue weighted by Crippen LogP contribution is -2.54. The van der Waals surface area contributed by atoms with Crippen LogP contribution in [0, 0.1) is 19.8 Å². The summed E-state index contributed by atoms with van der Waals surface area (Å²) in [5.41, 5.74) is 4.76. The lowest BCUT2D eigenvalue weighted by Gasteiger charge is -2.42. The number of benzene rings is 3. The van der Waals surface area contributed by atoms with Crippen LogP contribution in [-0.4, -0.2) is 69.9 Å². The van der Waals surface area contributed by atoms with Crippen molar-refractivity contribution < 1.29 is 17.9 Å². The number of sulfonamides is 1. The topological polar surface area (TPSA) is 70.2 Å². The zero-order valence-electron chi connectivity index (χ0n) is 22.9. The van der Waals surface area contributed by atoms with Crippen LogP contribution in [0.1, 0.15) is 29.0 Å². The van der Waals surface area contributed by atoms with Crippen LogP contribution >= 0.6 is 0 Å². The molecule has 2 atom stereocenters. The van der Waals surface area contributed by atoms with Gasteiger partial charge in [0.1, 0.15) is 5.75 Å². The van der Waals surface area contributed by atoms with Crippen LogP contribution in [0.4, 0.5) is 5.69 Å². The Kier molecular flexibility index (Phi) is 7.96. The van der Waals surface area contributed by atoms with Crippen LogP contribution in [0.25, 0.3) is 0 Å². The van der Waals surface area contributed by atoms with E-state index in [9.17, 15) is 13.2 Å². The van der Waals surface area contributed by atoms with E-state index >= 15 is 0 Å². The van der Waals surface area contributed by atoms with E-state index in [0.717, 1.165) is 18.7 Å². The molecule has 0 spiro atoms. The number of anilines is 1. The second kappa shape index (κ2) is 11.4. The second-order valence-corrected chi connectivity index (χ2v) is 12.5. The summed E-state index contributed by atoms with van der Waals surface area (Å²) in [5.74, 6) is 0.0425. The number of carbonyl (C=O) groups is 1. The Morgan fingerprint density at radius 1 is 0.872 bits per heavy atom. The number of nitrogens with zero attached hydrogens (tertiary/aromatic N) is 3. The number of methoxy groups -OCH3 is 1. The summed E-state index contributed by atoms with van der Waals surface area (Å²) < 4.78 is 34.0. The Morgan fingerprint density at radius 2 is 1.62 bits per heavy atom. The summed E-state index contributed by atoms with van der Waals surface area (Å²) in [6, 6.07) is 23.1. The summed E-state index contributed by atoms with van der Waals surface area (Å²) >= 11 is 0. The van der Waals surface area contributed by atoms with Crippen molar-refractivity contribution in [1.29, 1.82) is 0 Å². The standard InChI is InChI=1S/C31H37N3O4S/c1-23-12-13-24(2)30(20-23)32-16-18-33(19-17-32)31(35)29-22-34(15-14-28(29)25-8-5-4-6-9-25)39(36,37)27-11-7-10-26(21-27)38-3/h4-13,20-21,28-29H,14-19,22H2,1-3H3/t28-,29-/m1/s1. The molecule has 8 heteroatoms. The van der Waals surface area contributed by atoms with Gasteiger partial charge >= 0.3 is 0 Å². The molecule has 2 saturated heterocycles. The van der Waals surface area contributed by atoms with Gasteiger partial charge in [-0.2, -0.15) is 4.31 Å². The minimum Gasteiger partial charge on any atom is -0.497 e. The molecule has 0 unspecified atom stereocenters. The monoisotopic (exact) mass is 547 g/mol. The van der Waals surface area contributed by atoms with Crippen LogP contribution in [0.2, 0.25) is 0 Å². The molecule has 206 valence electrons. The van der Waals surface area contributed by atoms with Crippen LogP contribution in [0.15, 0.2) is 77.7 Å². The molecule has 2 aliphatic rings. The van der Waals surface area contributed by atoms with Crippen LogP contribution in [0.3, 0.4) is 0 Å². The summed E-state index contributed by atoms with van der Waals surface area (Å²) in [6.45, 7) is 7.49. The van der Waals surface area contributed by atoms with Crippen molar-refractivity contribution in [1.82, 2.24) is 9.21 Å². The normalized spacial score (nSPS) is 20.6. The van der Waals surface area contributed by atoms with E-state index in [1.165, 1.54) is 28.2 Å². The average molecular weight is 548 g/mol. The molecule has 39 heavy (non-hydrogen) atoms. The van der Waals surface area contributed by atoms with Crippen molar-refractivity contribution in [2.45, 2.75) is 31.1 Å². The molecular formula is C31H37N3O4S. The molecule has 0 radical (unpaired) electrons. The van der Waals surface area contributed by atoms with Gasteiger partial charge in [0.2, 0.25) is 15.9 Å². The first-order valence-electron chi connectivity index (χ1n) is 13.6. The van der Waals surface area contributed by atoms with E-state index in [1.54, 1.807) is 24.3 Å². The predicted molar refractivity (Wildman–Crippen MR) is 154 cm³/mol. The number of rotatable bonds is 6. The van der Waals surface area contributed by atoms with Crippen molar-refractivity contribution in [2.75, 3.05) is 51.3 Å². The molecule has 2 heterocycles. The largest absolute Gasteiger partial charge is 0.497 e. The summed E-state index contributed by atoms with van der Waals surface area (Å²) in [7, 11) is -2.26. The van der Waals surface area contributed by atoms with E-state index in [4.69, 9.17) is 4.74 Å². The number of hydrogen-bond acceptors (Lipinski definition) is 5. The molecule has 0 aromatic heterocycles.